The molecule has 1 aliphatic rings. The van der Waals surface area contributed by atoms with Gasteiger partial charge in [-0.25, -0.2) is 9.59 Å². The Labute approximate surface area is 127 Å². The number of carboxylic acid groups (broad SMARTS) is 1. The second kappa shape index (κ2) is 6.03. The summed E-state index contributed by atoms with van der Waals surface area (Å²) in [6.07, 6.45) is 0.207. The van der Waals surface area contributed by atoms with Crippen molar-refractivity contribution in [3.8, 4) is 0 Å². The van der Waals surface area contributed by atoms with Gasteiger partial charge in [0.2, 0.25) is 0 Å². The molecule has 1 fully saturated rings. The maximum absolute atomic E-state index is 12.2. The third-order valence-corrected chi connectivity index (χ3v) is 5.15. The molecule has 2 unspecified atom stereocenters. The van der Waals surface area contributed by atoms with Crippen LogP contribution in [0.5, 0.6) is 0 Å². The van der Waals surface area contributed by atoms with Crippen LogP contribution in [-0.2, 0) is 0 Å². The zero-order valence-corrected chi connectivity index (χ0v) is 13.2. The summed E-state index contributed by atoms with van der Waals surface area (Å²) in [4.78, 5) is 25.9. The number of amides is 2. The molecule has 1 aromatic rings. The first-order valence-electron chi connectivity index (χ1n) is 6.88. The number of carboxylic acids is 1. The number of aromatic carboxylic acids is 1. The Bertz CT molecular complexity index is 570. The van der Waals surface area contributed by atoms with Crippen molar-refractivity contribution in [2.24, 2.45) is 5.92 Å². The van der Waals surface area contributed by atoms with Crippen LogP contribution in [0.25, 0.3) is 0 Å². The van der Waals surface area contributed by atoms with E-state index in [9.17, 15) is 19.8 Å². The first-order chi connectivity index (χ1) is 9.81. The van der Waals surface area contributed by atoms with Crippen molar-refractivity contribution in [3.63, 3.8) is 0 Å². The third kappa shape index (κ3) is 3.19. The van der Waals surface area contributed by atoms with Gasteiger partial charge >= 0.3 is 12.0 Å². The molecule has 0 aromatic carbocycles. The van der Waals surface area contributed by atoms with Crippen LogP contribution < -0.4 is 5.32 Å². The fourth-order valence-electron chi connectivity index (χ4n) is 2.38. The zero-order valence-electron chi connectivity index (χ0n) is 12.3. The number of carbonyl (C=O) groups excluding carboxylic acids is 1. The Morgan fingerprint density at radius 2 is 2.05 bits per heavy atom. The van der Waals surface area contributed by atoms with Crippen LogP contribution in [0.3, 0.4) is 0 Å². The van der Waals surface area contributed by atoms with E-state index in [1.165, 1.54) is 16.2 Å². The molecule has 7 heteroatoms. The number of anilines is 1. The van der Waals surface area contributed by atoms with E-state index in [0.717, 1.165) is 11.3 Å². The van der Waals surface area contributed by atoms with Crippen molar-refractivity contribution in [3.05, 3.63) is 16.0 Å². The van der Waals surface area contributed by atoms with Crippen LogP contribution in [0.15, 0.2) is 0 Å². The number of β-amino-alcohol motifs (C(OH)–C–C–N with tert-alkyl or cyclic N) is 1. The molecule has 2 amide bonds. The Morgan fingerprint density at radius 3 is 2.62 bits per heavy atom. The number of urea groups is 1. The standard InChI is InChI=1S/C14H20N2O4S/c1-7-4-5-16(6-10(7)17)14(20)15-12-11(13(18)19)8(2)9(3)21-12/h7,10,17H,4-6H2,1-3H3,(H,15,20)(H,18,19). The fraction of sp³-hybridized carbons (Fsp3) is 0.571. The van der Waals surface area contributed by atoms with Gasteiger partial charge in [0, 0.05) is 18.0 Å². The topological polar surface area (TPSA) is 89.9 Å². The number of nitrogens with zero attached hydrogens (tertiary/aromatic N) is 1. The first-order valence-corrected chi connectivity index (χ1v) is 7.70. The van der Waals surface area contributed by atoms with Crippen molar-refractivity contribution in [1.82, 2.24) is 4.90 Å². The fourth-order valence-corrected chi connectivity index (χ4v) is 3.42. The van der Waals surface area contributed by atoms with E-state index in [1.807, 2.05) is 13.8 Å². The van der Waals surface area contributed by atoms with Gasteiger partial charge < -0.3 is 15.1 Å². The molecule has 21 heavy (non-hydrogen) atoms. The molecule has 1 aliphatic heterocycles. The summed E-state index contributed by atoms with van der Waals surface area (Å²) in [6, 6.07) is -0.357. The number of hydrogen-bond donors (Lipinski definition) is 3. The predicted molar refractivity (Wildman–Crippen MR) is 81.1 cm³/mol. The van der Waals surface area contributed by atoms with Crippen LogP contribution in [0.4, 0.5) is 9.80 Å². The second-order valence-corrected chi connectivity index (χ2v) is 6.73. The highest BCUT2D eigenvalue weighted by Gasteiger charge is 2.28. The molecule has 0 aliphatic carbocycles. The summed E-state index contributed by atoms with van der Waals surface area (Å²) in [5.41, 5.74) is 0.826. The van der Waals surface area contributed by atoms with E-state index in [0.29, 0.717) is 17.1 Å². The average Bonchev–Trinajstić information content (AvgIpc) is 2.68. The van der Waals surface area contributed by atoms with Gasteiger partial charge in [-0.1, -0.05) is 6.92 Å². The molecular formula is C14H20N2O4S. The lowest BCUT2D eigenvalue weighted by Crippen LogP contribution is -2.47. The molecule has 2 atom stereocenters. The number of piperidine rings is 1. The van der Waals surface area contributed by atoms with Crippen LogP contribution in [-0.4, -0.2) is 46.3 Å². The Kier molecular flexibility index (Phi) is 4.53. The van der Waals surface area contributed by atoms with E-state index in [1.54, 1.807) is 6.92 Å². The van der Waals surface area contributed by atoms with E-state index in [-0.39, 0.29) is 24.1 Å². The van der Waals surface area contributed by atoms with E-state index >= 15 is 0 Å². The molecule has 0 spiro atoms. The zero-order chi connectivity index (χ0) is 15.7. The second-order valence-electron chi connectivity index (χ2n) is 5.50. The summed E-state index contributed by atoms with van der Waals surface area (Å²) >= 11 is 1.26. The lowest BCUT2D eigenvalue weighted by molar-refractivity contribution is 0.0463. The first kappa shape index (κ1) is 15.8. The van der Waals surface area contributed by atoms with Crippen LogP contribution in [0, 0.1) is 19.8 Å². The van der Waals surface area contributed by atoms with Gasteiger partial charge in [0.1, 0.15) is 5.00 Å². The molecule has 2 rings (SSSR count). The highest BCUT2D eigenvalue weighted by molar-refractivity contribution is 7.16. The number of aliphatic hydroxyl groups is 1. The maximum Gasteiger partial charge on any atom is 0.338 e. The molecule has 116 valence electrons. The quantitative estimate of drug-likeness (QED) is 0.781. The monoisotopic (exact) mass is 312 g/mol. The van der Waals surface area contributed by atoms with Crippen LogP contribution in [0.2, 0.25) is 0 Å². The average molecular weight is 312 g/mol. The minimum absolute atomic E-state index is 0.150. The van der Waals surface area contributed by atoms with Gasteiger partial charge in [-0.15, -0.1) is 11.3 Å². The number of aryl methyl sites for hydroxylation is 1. The van der Waals surface area contributed by atoms with Gasteiger partial charge in [-0.3, -0.25) is 5.32 Å². The normalized spacial score (nSPS) is 22.2. The van der Waals surface area contributed by atoms with E-state index in [4.69, 9.17) is 0 Å². The Morgan fingerprint density at radius 1 is 1.38 bits per heavy atom. The smallest absolute Gasteiger partial charge is 0.338 e. The minimum atomic E-state index is -1.04. The van der Waals surface area contributed by atoms with Crippen LogP contribution in [0.1, 0.15) is 34.1 Å². The highest BCUT2D eigenvalue weighted by Crippen LogP contribution is 2.32. The molecule has 2 heterocycles. The molecule has 1 saturated heterocycles. The lowest BCUT2D eigenvalue weighted by atomic mass is 9.96. The summed E-state index contributed by atoms with van der Waals surface area (Å²) in [6.45, 7) is 6.36. The molecular weight excluding hydrogens is 292 g/mol. The Balaban J connectivity index is 2.13. The molecule has 0 saturated carbocycles. The van der Waals surface area contributed by atoms with Gasteiger partial charge in [0.25, 0.3) is 0 Å². The number of rotatable bonds is 2. The SMILES string of the molecule is Cc1sc(NC(=O)N2CCC(C)C(O)C2)c(C(=O)O)c1C. The van der Waals surface area contributed by atoms with E-state index in [2.05, 4.69) is 5.32 Å². The molecule has 6 nitrogen and oxygen atoms in total. The van der Waals surface area contributed by atoms with Crippen molar-refractivity contribution in [2.75, 3.05) is 18.4 Å². The summed E-state index contributed by atoms with van der Waals surface area (Å²) < 4.78 is 0. The highest BCUT2D eigenvalue weighted by atomic mass is 32.1. The molecule has 1 aromatic heterocycles. The van der Waals surface area contributed by atoms with Crippen LogP contribution >= 0.6 is 11.3 Å². The number of carbonyl (C=O) groups is 2. The molecule has 3 N–H and O–H groups in total. The summed E-state index contributed by atoms with van der Waals surface area (Å²) in [7, 11) is 0. The van der Waals surface area contributed by atoms with Gasteiger partial charge in [0.05, 0.1) is 11.7 Å². The molecule has 0 radical (unpaired) electrons. The largest absolute Gasteiger partial charge is 0.478 e. The van der Waals surface area contributed by atoms with Crippen molar-refractivity contribution >= 4 is 28.3 Å². The number of hydrogen-bond acceptors (Lipinski definition) is 4. The van der Waals surface area contributed by atoms with Crippen molar-refractivity contribution in [1.29, 1.82) is 0 Å². The van der Waals surface area contributed by atoms with E-state index < -0.39 is 12.1 Å². The number of likely N-dealkylation sites (tertiary alicyclic amines) is 1. The summed E-state index contributed by atoms with van der Waals surface area (Å²) in [5.74, 6) is -0.866. The van der Waals surface area contributed by atoms with Gasteiger partial charge in [-0.05, 0) is 31.7 Å². The number of thiophene rings is 1. The lowest BCUT2D eigenvalue weighted by Gasteiger charge is -2.34. The van der Waals surface area contributed by atoms with Crippen molar-refractivity contribution in [2.45, 2.75) is 33.3 Å². The number of nitrogens with one attached hydrogen (secondary N) is 1. The maximum atomic E-state index is 12.2. The Hall–Kier alpha value is -1.60. The third-order valence-electron chi connectivity index (χ3n) is 4.03. The van der Waals surface area contributed by atoms with Gasteiger partial charge in [0.15, 0.2) is 0 Å². The summed E-state index contributed by atoms with van der Waals surface area (Å²) in [5, 5.41) is 22.1. The predicted octanol–water partition coefficient (Wildman–Crippen LogP) is 2.30. The van der Waals surface area contributed by atoms with Crippen molar-refractivity contribution < 1.29 is 19.8 Å². The minimum Gasteiger partial charge on any atom is -0.478 e. The molecule has 0 bridgehead atoms. The number of aliphatic hydroxyl groups excluding tert-OH is 1. The van der Waals surface area contributed by atoms with Gasteiger partial charge in [-0.2, -0.15) is 0 Å².